The molecule has 2 heterocycles. The highest BCUT2D eigenvalue weighted by molar-refractivity contribution is 7.80. The number of piperidine rings is 1. The van der Waals surface area contributed by atoms with Gasteiger partial charge in [0.2, 0.25) is 0 Å². The molecule has 22 heavy (non-hydrogen) atoms. The molecule has 2 saturated heterocycles. The molecule has 0 amide bonds. The minimum Gasteiger partial charge on any atom is -0.493 e. The van der Waals surface area contributed by atoms with Gasteiger partial charge in [-0.05, 0) is 43.7 Å². The number of rotatable bonds is 0. The van der Waals surface area contributed by atoms with E-state index in [-0.39, 0.29) is 5.02 Å². The Balaban J connectivity index is 0.000000142. The number of allylic oxidation sites excluding steroid dienone is 4. The Morgan fingerprint density at radius 3 is 3.00 bits per heavy atom. The molecule has 1 N–H and O–H groups in total. The fourth-order valence-electron chi connectivity index (χ4n) is 3.24. The summed E-state index contributed by atoms with van der Waals surface area (Å²) in [5.74, 6) is 2.30. The van der Waals surface area contributed by atoms with Gasteiger partial charge in [0.15, 0.2) is 0 Å². The molecule has 0 spiro atoms. The Hall–Kier alpha value is -0.970. The van der Waals surface area contributed by atoms with Crippen LogP contribution in [0.1, 0.15) is 12.8 Å². The maximum atomic E-state index is 12.3. The molecule has 1 aliphatic carbocycles. The van der Waals surface area contributed by atoms with Crippen molar-refractivity contribution in [1.29, 1.82) is 0 Å². The number of halogens is 2. The summed E-state index contributed by atoms with van der Waals surface area (Å²) in [6.07, 6.45) is 9.45. The van der Waals surface area contributed by atoms with Crippen LogP contribution in [0.2, 0.25) is 5.02 Å². The molecule has 0 aromatic heterocycles. The fraction of sp³-hybridized carbons (Fsp3) is 0.412. The standard InChI is InChI=1S/C11H15NO.C6H4ClFS/c1-2-4-10-8(3-1)9-5-6-12-7-11(9)13-10;7-5-3-4(9)1-2-6(5)8/h1-2,4,8-9,11-12H,3,5-7H2;1-3,9H. The summed E-state index contributed by atoms with van der Waals surface area (Å²) in [6.45, 7) is 2.20. The molecule has 5 heteroatoms. The molecule has 3 aliphatic rings. The molecule has 0 radical (unpaired) electrons. The van der Waals surface area contributed by atoms with Crippen molar-refractivity contribution in [2.45, 2.75) is 23.8 Å². The average molecular weight is 340 g/mol. The minimum absolute atomic E-state index is 0.113. The molecule has 1 aromatic rings. The van der Waals surface area contributed by atoms with Crippen molar-refractivity contribution >= 4 is 24.2 Å². The van der Waals surface area contributed by atoms with Crippen LogP contribution in [0.15, 0.2) is 47.1 Å². The summed E-state index contributed by atoms with van der Waals surface area (Å²) in [5.41, 5.74) is 0. The lowest BCUT2D eigenvalue weighted by molar-refractivity contribution is 0.108. The van der Waals surface area contributed by atoms with Gasteiger partial charge in [-0.3, -0.25) is 0 Å². The van der Waals surface area contributed by atoms with Crippen LogP contribution < -0.4 is 5.32 Å². The third-order valence-electron chi connectivity index (χ3n) is 4.34. The summed E-state index contributed by atoms with van der Waals surface area (Å²) >= 11 is 9.34. The Kier molecular flexibility index (Phi) is 5.11. The zero-order chi connectivity index (χ0) is 15.5. The SMILES string of the molecule is C1=CCC2C(=C1)OC1CNCCC12.Fc1ccc(S)cc1Cl. The Labute approximate surface area is 140 Å². The van der Waals surface area contributed by atoms with E-state index in [0.29, 0.717) is 16.9 Å². The van der Waals surface area contributed by atoms with E-state index >= 15 is 0 Å². The normalized spacial score (nSPS) is 28.7. The first-order valence-corrected chi connectivity index (χ1v) is 8.36. The van der Waals surface area contributed by atoms with Crippen molar-refractivity contribution in [3.63, 3.8) is 0 Å². The molecule has 0 saturated carbocycles. The summed E-state index contributed by atoms with van der Waals surface area (Å²) in [5, 5.41) is 3.51. The van der Waals surface area contributed by atoms with Gasteiger partial charge >= 0.3 is 0 Å². The van der Waals surface area contributed by atoms with E-state index in [2.05, 4.69) is 36.2 Å². The zero-order valence-electron chi connectivity index (χ0n) is 12.1. The Morgan fingerprint density at radius 2 is 2.23 bits per heavy atom. The number of hydrogen-bond donors (Lipinski definition) is 2. The number of benzene rings is 1. The van der Waals surface area contributed by atoms with Crippen LogP contribution in [-0.2, 0) is 4.74 Å². The summed E-state index contributed by atoms with van der Waals surface area (Å²) in [6, 6.07) is 4.29. The van der Waals surface area contributed by atoms with Crippen molar-refractivity contribution in [3.05, 3.63) is 53.0 Å². The maximum absolute atomic E-state index is 12.3. The molecule has 0 bridgehead atoms. The van der Waals surface area contributed by atoms with E-state index in [1.807, 2.05) is 0 Å². The van der Waals surface area contributed by atoms with E-state index in [4.69, 9.17) is 16.3 Å². The zero-order valence-corrected chi connectivity index (χ0v) is 13.8. The molecule has 3 atom stereocenters. The van der Waals surface area contributed by atoms with Gasteiger partial charge in [0.1, 0.15) is 17.7 Å². The third kappa shape index (κ3) is 3.50. The minimum atomic E-state index is -0.408. The smallest absolute Gasteiger partial charge is 0.141 e. The summed E-state index contributed by atoms with van der Waals surface area (Å²) < 4.78 is 18.2. The summed E-state index contributed by atoms with van der Waals surface area (Å²) in [4.78, 5) is 0.668. The quantitative estimate of drug-likeness (QED) is 0.690. The highest BCUT2D eigenvalue weighted by Crippen LogP contribution is 2.42. The van der Waals surface area contributed by atoms with E-state index in [9.17, 15) is 4.39 Å². The molecular formula is C17H19ClFNOS. The largest absolute Gasteiger partial charge is 0.493 e. The van der Waals surface area contributed by atoms with Crippen molar-refractivity contribution in [2.75, 3.05) is 13.1 Å². The van der Waals surface area contributed by atoms with E-state index < -0.39 is 5.82 Å². The molecule has 2 nitrogen and oxygen atoms in total. The van der Waals surface area contributed by atoms with Crippen molar-refractivity contribution in [1.82, 2.24) is 5.32 Å². The first-order chi connectivity index (χ1) is 10.6. The first kappa shape index (κ1) is 15.9. The number of nitrogens with one attached hydrogen (secondary N) is 1. The van der Waals surface area contributed by atoms with Crippen LogP contribution in [0.3, 0.4) is 0 Å². The van der Waals surface area contributed by atoms with Gasteiger partial charge < -0.3 is 10.1 Å². The van der Waals surface area contributed by atoms with Crippen LogP contribution in [0.25, 0.3) is 0 Å². The van der Waals surface area contributed by atoms with Crippen LogP contribution in [-0.4, -0.2) is 19.2 Å². The van der Waals surface area contributed by atoms with Crippen LogP contribution >= 0.6 is 24.2 Å². The van der Waals surface area contributed by atoms with Gasteiger partial charge in [-0.15, -0.1) is 12.6 Å². The Bertz CT molecular complexity index is 604. The number of thiol groups is 1. The second-order valence-corrected chi connectivity index (χ2v) is 6.67. The number of ether oxygens (including phenoxy) is 1. The topological polar surface area (TPSA) is 21.3 Å². The van der Waals surface area contributed by atoms with Gasteiger partial charge in [-0.2, -0.15) is 0 Å². The van der Waals surface area contributed by atoms with Crippen molar-refractivity contribution in [3.8, 4) is 0 Å². The highest BCUT2D eigenvalue weighted by Gasteiger charge is 2.42. The molecule has 4 rings (SSSR count). The molecule has 3 unspecified atom stereocenters. The molecule has 2 aliphatic heterocycles. The van der Waals surface area contributed by atoms with Gasteiger partial charge in [-0.25, -0.2) is 4.39 Å². The second kappa shape index (κ2) is 7.07. The van der Waals surface area contributed by atoms with Crippen molar-refractivity contribution < 1.29 is 9.13 Å². The van der Waals surface area contributed by atoms with Gasteiger partial charge in [0.05, 0.1) is 5.02 Å². The van der Waals surface area contributed by atoms with E-state index in [1.165, 1.54) is 30.7 Å². The predicted molar refractivity (Wildman–Crippen MR) is 89.8 cm³/mol. The number of fused-ring (bicyclic) bond motifs is 3. The first-order valence-electron chi connectivity index (χ1n) is 7.53. The third-order valence-corrected chi connectivity index (χ3v) is 4.90. The fourth-order valence-corrected chi connectivity index (χ4v) is 3.70. The molecule has 118 valence electrons. The van der Waals surface area contributed by atoms with Gasteiger partial charge in [0, 0.05) is 23.3 Å². The molecule has 1 aromatic carbocycles. The average Bonchev–Trinajstić information content (AvgIpc) is 2.91. The van der Waals surface area contributed by atoms with Gasteiger partial charge in [-0.1, -0.05) is 23.8 Å². The molecular weight excluding hydrogens is 321 g/mol. The van der Waals surface area contributed by atoms with E-state index in [1.54, 1.807) is 6.07 Å². The highest BCUT2D eigenvalue weighted by atomic mass is 35.5. The predicted octanol–water partition coefficient (Wildman–Crippen LogP) is 4.22. The second-order valence-electron chi connectivity index (χ2n) is 5.75. The van der Waals surface area contributed by atoms with Crippen molar-refractivity contribution in [2.24, 2.45) is 11.8 Å². The maximum Gasteiger partial charge on any atom is 0.141 e. The van der Waals surface area contributed by atoms with Crippen LogP contribution in [0.4, 0.5) is 4.39 Å². The lowest BCUT2D eigenvalue weighted by atomic mass is 9.81. The monoisotopic (exact) mass is 339 g/mol. The van der Waals surface area contributed by atoms with Crippen LogP contribution in [0.5, 0.6) is 0 Å². The van der Waals surface area contributed by atoms with Crippen LogP contribution in [0, 0.1) is 17.7 Å². The molecule has 2 fully saturated rings. The lowest BCUT2D eigenvalue weighted by Crippen LogP contribution is -2.39. The Morgan fingerprint density at radius 1 is 1.36 bits per heavy atom. The lowest BCUT2D eigenvalue weighted by Gasteiger charge is -2.26. The summed E-state index contributed by atoms with van der Waals surface area (Å²) in [7, 11) is 0. The van der Waals surface area contributed by atoms with E-state index in [0.717, 1.165) is 19.0 Å². The number of hydrogen-bond acceptors (Lipinski definition) is 3. The van der Waals surface area contributed by atoms with Gasteiger partial charge in [0.25, 0.3) is 0 Å².